The van der Waals surface area contributed by atoms with Crippen LogP contribution in [0, 0.1) is 11.3 Å². The second kappa shape index (κ2) is 7.40. The minimum Gasteiger partial charge on any atom is -0.392 e. The number of halogens is 1. The Bertz CT molecular complexity index is 676. The van der Waals surface area contributed by atoms with E-state index in [4.69, 9.17) is 29.6 Å². The Labute approximate surface area is 141 Å². The highest BCUT2D eigenvalue weighted by Gasteiger charge is 2.35. The van der Waals surface area contributed by atoms with Crippen molar-refractivity contribution in [2.24, 2.45) is 5.73 Å². The van der Waals surface area contributed by atoms with Crippen LogP contribution >= 0.6 is 23.8 Å². The first-order valence-corrected chi connectivity index (χ1v) is 7.88. The minimum atomic E-state index is -0.936. The fraction of sp³-hybridized carbons (Fsp3) is 0.222. The van der Waals surface area contributed by atoms with Crippen LogP contribution in [-0.2, 0) is 11.8 Å². The fourth-order valence-corrected chi connectivity index (χ4v) is 2.91. The molecule has 0 aliphatic carbocycles. The molecule has 0 bridgehead atoms. The zero-order valence-corrected chi connectivity index (χ0v) is 13.7. The maximum atomic E-state index is 9.72. The van der Waals surface area contributed by atoms with E-state index in [-0.39, 0.29) is 4.99 Å². The third kappa shape index (κ3) is 3.65. The van der Waals surface area contributed by atoms with Crippen molar-refractivity contribution < 1.29 is 0 Å². The lowest BCUT2D eigenvalue weighted by molar-refractivity contribution is 0.610. The van der Waals surface area contributed by atoms with E-state index < -0.39 is 5.41 Å². The Hall–Kier alpha value is -1.89. The van der Waals surface area contributed by atoms with E-state index in [0.717, 1.165) is 18.4 Å². The van der Waals surface area contributed by atoms with Crippen LogP contribution < -0.4 is 5.73 Å². The standard InChI is InChI=1S/C18H17ClN2S/c19-16-10-8-15(9-11-16)18(13-20,17(21)22)12-4-7-14-5-2-1-3-6-14/h1-3,5-6,8-11H,4,7,12H2,(H2,21,22). The van der Waals surface area contributed by atoms with Gasteiger partial charge >= 0.3 is 0 Å². The molecule has 0 saturated carbocycles. The molecule has 0 aliphatic rings. The molecule has 2 N–H and O–H groups in total. The first-order chi connectivity index (χ1) is 10.6. The minimum absolute atomic E-state index is 0.213. The second-order valence-electron chi connectivity index (χ2n) is 5.23. The molecular formula is C18H17ClN2S. The molecule has 2 aromatic carbocycles. The van der Waals surface area contributed by atoms with Crippen molar-refractivity contribution >= 4 is 28.8 Å². The molecule has 22 heavy (non-hydrogen) atoms. The van der Waals surface area contributed by atoms with Crippen molar-refractivity contribution in [2.45, 2.75) is 24.7 Å². The summed E-state index contributed by atoms with van der Waals surface area (Å²) in [4.78, 5) is 0.213. The molecule has 0 fully saturated rings. The van der Waals surface area contributed by atoms with Gasteiger partial charge in [-0.2, -0.15) is 5.26 Å². The van der Waals surface area contributed by atoms with Crippen molar-refractivity contribution in [3.63, 3.8) is 0 Å². The van der Waals surface area contributed by atoms with Crippen molar-refractivity contribution in [2.75, 3.05) is 0 Å². The van der Waals surface area contributed by atoms with Crippen LogP contribution in [0.25, 0.3) is 0 Å². The number of aryl methyl sites for hydroxylation is 1. The molecule has 112 valence electrons. The van der Waals surface area contributed by atoms with Gasteiger partial charge in [-0.1, -0.05) is 66.3 Å². The number of nitrogens with two attached hydrogens (primary N) is 1. The van der Waals surface area contributed by atoms with Gasteiger partial charge < -0.3 is 5.73 Å². The van der Waals surface area contributed by atoms with E-state index in [2.05, 4.69) is 18.2 Å². The lowest BCUT2D eigenvalue weighted by atomic mass is 9.77. The Morgan fingerprint density at radius 2 is 1.77 bits per heavy atom. The molecule has 0 radical (unpaired) electrons. The average Bonchev–Trinajstić information content (AvgIpc) is 2.53. The molecule has 0 saturated heterocycles. The molecule has 1 atom stereocenters. The van der Waals surface area contributed by atoms with Crippen LogP contribution in [0.3, 0.4) is 0 Å². The summed E-state index contributed by atoms with van der Waals surface area (Å²) in [6.45, 7) is 0. The van der Waals surface area contributed by atoms with E-state index in [1.165, 1.54) is 5.56 Å². The highest BCUT2D eigenvalue weighted by molar-refractivity contribution is 7.80. The number of benzene rings is 2. The molecule has 2 rings (SSSR count). The maximum Gasteiger partial charge on any atom is 0.132 e. The van der Waals surface area contributed by atoms with Gasteiger partial charge in [-0.25, -0.2) is 0 Å². The Morgan fingerprint density at radius 1 is 1.14 bits per heavy atom. The SMILES string of the molecule is N#CC(CCCc1ccccc1)(C(N)=S)c1ccc(Cl)cc1. The van der Waals surface area contributed by atoms with Crippen molar-refractivity contribution in [1.82, 2.24) is 0 Å². The van der Waals surface area contributed by atoms with Gasteiger partial charge in [0.05, 0.1) is 11.1 Å². The van der Waals surface area contributed by atoms with Crippen molar-refractivity contribution in [3.05, 3.63) is 70.7 Å². The smallest absolute Gasteiger partial charge is 0.132 e. The van der Waals surface area contributed by atoms with Crippen molar-refractivity contribution in [3.8, 4) is 6.07 Å². The average molecular weight is 329 g/mol. The van der Waals surface area contributed by atoms with Crippen LogP contribution in [0.1, 0.15) is 24.0 Å². The highest BCUT2D eigenvalue weighted by Crippen LogP contribution is 2.31. The van der Waals surface area contributed by atoms with Gasteiger partial charge in [-0.15, -0.1) is 0 Å². The first kappa shape index (κ1) is 16.5. The fourth-order valence-electron chi connectivity index (χ4n) is 2.52. The van der Waals surface area contributed by atoms with Crippen LogP contribution in [0.4, 0.5) is 0 Å². The van der Waals surface area contributed by atoms with E-state index in [1.807, 2.05) is 30.3 Å². The molecular weight excluding hydrogens is 312 g/mol. The maximum absolute atomic E-state index is 9.72. The van der Waals surface area contributed by atoms with Gasteiger partial charge in [0.25, 0.3) is 0 Å². The van der Waals surface area contributed by atoms with Crippen LogP contribution in [-0.4, -0.2) is 4.99 Å². The zero-order valence-electron chi connectivity index (χ0n) is 12.1. The van der Waals surface area contributed by atoms with E-state index >= 15 is 0 Å². The lowest BCUT2D eigenvalue weighted by Gasteiger charge is -2.26. The molecule has 0 amide bonds. The Morgan fingerprint density at radius 3 is 2.32 bits per heavy atom. The molecule has 4 heteroatoms. The number of rotatable bonds is 6. The molecule has 2 aromatic rings. The number of thiocarbonyl (C=S) groups is 1. The van der Waals surface area contributed by atoms with Crippen LogP contribution in [0.2, 0.25) is 5.02 Å². The molecule has 0 aromatic heterocycles. The zero-order chi connectivity index (χ0) is 16.0. The topological polar surface area (TPSA) is 49.8 Å². The van der Waals surface area contributed by atoms with Gasteiger partial charge in [0.15, 0.2) is 0 Å². The third-order valence-electron chi connectivity index (χ3n) is 3.81. The number of hydrogen-bond donors (Lipinski definition) is 1. The van der Waals surface area contributed by atoms with Crippen molar-refractivity contribution in [1.29, 1.82) is 5.26 Å². The lowest BCUT2D eigenvalue weighted by Crippen LogP contribution is -2.38. The quantitative estimate of drug-likeness (QED) is 0.799. The van der Waals surface area contributed by atoms with E-state index in [0.29, 0.717) is 11.4 Å². The summed E-state index contributed by atoms with van der Waals surface area (Å²) in [7, 11) is 0. The number of hydrogen-bond acceptors (Lipinski definition) is 2. The summed E-state index contributed by atoms with van der Waals surface area (Å²) >= 11 is 11.1. The first-order valence-electron chi connectivity index (χ1n) is 7.09. The van der Waals surface area contributed by atoms with Crippen LogP contribution in [0.5, 0.6) is 0 Å². The molecule has 1 unspecified atom stereocenters. The summed E-state index contributed by atoms with van der Waals surface area (Å²) in [6, 6.07) is 19.7. The van der Waals surface area contributed by atoms with Crippen LogP contribution in [0.15, 0.2) is 54.6 Å². The highest BCUT2D eigenvalue weighted by atomic mass is 35.5. The van der Waals surface area contributed by atoms with Gasteiger partial charge in [-0.05, 0) is 42.5 Å². The summed E-state index contributed by atoms with van der Waals surface area (Å²) in [5, 5.41) is 10.3. The predicted molar refractivity (Wildman–Crippen MR) is 94.9 cm³/mol. The van der Waals surface area contributed by atoms with E-state index in [1.54, 1.807) is 12.1 Å². The molecule has 2 nitrogen and oxygen atoms in total. The van der Waals surface area contributed by atoms with Gasteiger partial charge in [0.1, 0.15) is 5.41 Å². The van der Waals surface area contributed by atoms with Gasteiger partial charge in [0.2, 0.25) is 0 Å². The van der Waals surface area contributed by atoms with Gasteiger partial charge in [0, 0.05) is 5.02 Å². The monoisotopic (exact) mass is 328 g/mol. The third-order valence-corrected chi connectivity index (χ3v) is 4.41. The summed E-state index contributed by atoms with van der Waals surface area (Å²) in [6.07, 6.45) is 2.31. The summed E-state index contributed by atoms with van der Waals surface area (Å²) in [5.74, 6) is 0. The normalized spacial score (nSPS) is 13.1. The van der Waals surface area contributed by atoms with Gasteiger partial charge in [-0.3, -0.25) is 0 Å². The van der Waals surface area contributed by atoms with E-state index in [9.17, 15) is 5.26 Å². The second-order valence-corrected chi connectivity index (χ2v) is 6.10. The molecule has 0 aliphatic heterocycles. The summed E-state index contributed by atoms with van der Waals surface area (Å²) in [5.41, 5.74) is 7.02. The Kier molecular flexibility index (Phi) is 5.54. The largest absolute Gasteiger partial charge is 0.392 e. The predicted octanol–water partition coefficient (Wildman–Crippen LogP) is 4.41. The number of nitriles is 1. The Balaban J connectivity index is 2.18. The molecule has 0 spiro atoms. The molecule has 0 heterocycles. The summed E-state index contributed by atoms with van der Waals surface area (Å²) < 4.78 is 0. The number of nitrogens with zero attached hydrogens (tertiary/aromatic N) is 1.